The van der Waals surface area contributed by atoms with Crippen LogP contribution >= 0.6 is 0 Å². The normalized spacial score (nSPS) is 11.5. The van der Waals surface area contributed by atoms with Gasteiger partial charge in [-0.05, 0) is 77.2 Å². The van der Waals surface area contributed by atoms with Crippen LogP contribution in [0, 0.1) is 0 Å². The molecule has 0 radical (unpaired) electrons. The summed E-state index contributed by atoms with van der Waals surface area (Å²) in [4.78, 5) is 19.3. The van der Waals surface area contributed by atoms with E-state index in [0.29, 0.717) is 0 Å². The molecule has 0 saturated heterocycles. The summed E-state index contributed by atoms with van der Waals surface area (Å²) in [7, 11) is 0. The van der Waals surface area contributed by atoms with Crippen LogP contribution in [0.2, 0.25) is 0 Å². The Hall–Kier alpha value is -6.26. The maximum atomic E-state index is 5.23. The van der Waals surface area contributed by atoms with Crippen LogP contribution in [0.5, 0.6) is 0 Å². The Balaban J connectivity index is 1.23. The molecular formula is C42H26N4. The smallest absolute Gasteiger partial charge is 0.0788 e. The predicted molar refractivity (Wildman–Crippen MR) is 189 cm³/mol. The van der Waals surface area contributed by atoms with E-state index in [2.05, 4.69) is 113 Å². The standard InChI is InChI=1S/C42H26N4/c1-2-10-33-29(9-1)26-45-39-20-19-35-40(41(33)39)34-11-3-4-14-38(34)46-42(35)28-17-15-27(16-18-28)30-23-31(36-12-5-7-21-43-36)25-32(24-30)37-13-6-8-22-44-37/h1-26H. The molecule has 4 nitrogen and oxygen atoms in total. The van der Waals surface area contributed by atoms with Gasteiger partial charge in [-0.1, -0.05) is 78.9 Å². The lowest BCUT2D eigenvalue weighted by atomic mass is 9.93. The third kappa shape index (κ3) is 4.39. The van der Waals surface area contributed by atoms with Crippen molar-refractivity contribution in [2.24, 2.45) is 0 Å². The summed E-state index contributed by atoms with van der Waals surface area (Å²) >= 11 is 0. The minimum absolute atomic E-state index is 0.930. The molecule has 0 fully saturated rings. The molecule has 0 bridgehead atoms. The fraction of sp³-hybridized carbons (Fsp3) is 0. The molecule has 0 atom stereocenters. The molecule has 0 aliphatic rings. The van der Waals surface area contributed by atoms with Crippen molar-refractivity contribution in [1.82, 2.24) is 19.9 Å². The highest BCUT2D eigenvalue weighted by Crippen LogP contribution is 2.40. The van der Waals surface area contributed by atoms with Crippen molar-refractivity contribution in [3.8, 4) is 44.9 Å². The highest BCUT2D eigenvalue weighted by molar-refractivity contribution is 6.28. The SMILES string of the molecule is c1ccc(-c2cc(-c3ccc(-c4nc5ccccc5c5c4ccc4ncc6ccccc6c45)cc3)cc(-c3ccccn3)c2)nc1. The van der Waals surface area contributed by atoms with Gasteiger partial charge in [0.2, 0.25) is 0 Å². The summed E-state index contributed by atoms with van der Waals surface area (Å²) in [5.74, 6) is 0. The highest BCUT2D eigenvalue weighted by atomic mass is 14.7. The quantitative estimate of drug-likeness (QED) is 0.193. The van der Waals surface area contributed by atoms with Gasteiger partial charge in [0.1, 0.15) is 0 Å². The van der Waals surface area contributed by atoms with Crippen LogP contribution in [0.25, 0.3) is 88.2 Å². The molecule has 4 heterocycles. The first-order valence-electron chi connectivity index (χ1n) is 15.4. The molecule has 9 rings (SSSR count). The number of rotatable bonds is 4. The number of aromatic nitrogens is 4. The lowest BCUT2D eigenvalue weighted by molar-refractivity contribution is 1.31. The molecule has 0 aliphatic heterocycles. The Bertz CT molecular complexity index is 2500. The molecule has 4 aromatic heterocycles. The van der Waals surface area contributed by atoms with Crippen molar-refractivity contribution in [2.45, 2.75) is 0 Å². The van der Waals surface area contributed by atoms with Gasteiger partial charge in [-0.3, -0.25) is 15.0 Å². The number of nitrogens with zero attached hydrogens (tertiary/aromatic N) is 4. The third-order valence-electron chi connectivity index (χ3n) is 8.76. The molecule has 0 amide bonds. The van der Waals surface area contributed by atoms with Crippen LogP contribution in [0.3, 0.4) is 0 Å². The minimum Gasteiger partial charge on any atom is -0.256 e. The van der Waals surface area contributed by atoms with Crippen molar-refractivity contribution >= 4 is 43.4 Å². The van der Waals surface area contributed by atoms with E-state index in [4.69, 9.17) is 9.97 Å². The maximum absolute atomic E-state index is 5.23. The van der Waals surface area contributed by atoms with Crippen LogP contribution in [0.15, 0.2) is 158 Å². The van der Waals surface area contributed by atoms with Crippen molar-refractivity contribution in [3.63, 3.8) is 0 Å². The average Bonchev–Trinajstić information content (AvgIpc) is 3.14. The summed E-state index contributed by atoms with van der Waals surface area (Å²) in [6.07, 6.45) is 5.63. The van der Waals surface area contributed by atoms with Crippen LogP contribution in [0.1, 0.15) is 0 Å². The fourth-order valence-electron chi connectivity index (χ4n) is 6.59. The molecule has 9 aromatic rings. The van der Waals surface area contributed by atoms with Crippen LogP contribution in [0.4, 0.5) is 0 Å². The molecule has 5 aromatic carbocycles. The van der Waals surface area contributed by atoms with E-state index in [-0.39, 0.29) is 0 Å². The van der Waals surface area contributed by atoms with Crippen molar-refractivity contribution in [1.29, 1.82) is 0 Å². The summed E-state index contributed by atoms with van der Waals surface area (Å²) in [6, 6.07) is 48.6. The lowest BCUT2D eigenvalue weighted by Crippen LogP contribution is -1.93. The van der Waals surface area contributed by atoms with Gasteiger partial charge in [0.25, 0.3) is 0 Å². The summed E-state index contributed by atoms with van der Waals surface area (Å²) in [5.41, 5.74) is 10.2. The minimum atomic E-state index is 0.930. The van der Waals surface area contributed by atoms with Crippen LogP contribution in [-0.2, 0) is 0 Å². The highest BCUT2D eigenvalue weighted by Gasteiger charge is 2.16. The second kappa shape index (κ2) is 10.7. The third-order valence-corrected chi connectivity index (χ3v) is 8.76. The van der Waals surface area contributed by atoms with Gasteiger partial charge in [-0.15, -0.1) is 0 Å². The number of hydrogen-bond acceptors (Lipinski definition) is 4. The second-order valence-corrected chi connectivity index (χ2v) is 11.5. The molecule has 0 spiro atoms. The Morgan fingerprint density at radius 2 is 1.00 bits per heavy atom. The van der Waals surface area contributed by atoms with Gasteiger partial charge in [-0.25, -0.2) is 4.98 Å². The molecular weight excluding hydrogens is 560 g/mol. The summed E-state index contributed by atoms with van der Waals surface area (Å²) in [5, 5.41) is 6.94. The number of benzene rings is 5. The van der Waals surface area contributed by atoms with Crippen molar-refractivity contribution in [3.05, 3.63) is 158 Å². The van der Waals surface area contributed by atoms with Gasteiger partial charge in [0.05, 0.1) is 28.1 Å². The topological polar surface area (TPSA) is 51.6 Å². The first-order valence-corrected chi connectivity index (χ1v) is 15.4. The second-order valence-electron chi connectivity index (χ2n) is 11.5. The molecule has 0 aliphatic carbocycles. The molecule has 214 valence electrons. The monoisotopic (exact) mass is 586 g/mol. The maximum Gasteiger partial charge on any atom is 0.0788 e. The number of hydrogen-bond donors (Lipinski definition) is 0. The molecule has 4 heteroatoms. The van der Waals surface area contributed by atoms with Gasteiger partial charge in [-0.2, -0.15) is 0 Å². The zero-order valence-corrected chi connectivity index (χ0v) is 24.8. The van der Waals surface area contributed by atoms with E-state index in [1.807, 2.05) is 55.0 Å². The zero-order chi connectivity index (χ0) is 30.5. The average molecular weight is 587 g/mol. The van der Waals surface area contributed by atoms with Gasteiger partial charge in [0, 0.05) is 62.2 Å². The Labute approximate surface area is 265 Å². The predicted octanol–water partition coefficient (Wildman–Crippen LogP) is 10.5. The largest absolute Gasteiger partial charge is 0.256 e. The molecule has 0 saturated carbocycles. The van der Waals surface area contributed by atoms with Gasteiger partial charge >= 0.3 is 0 Å². The van der Waals surface area contributed by atoms with E-state index in [1.54, 1.807) is 0 Å². The molecule has 0 N–H and O–H groups in total. The molecule has 0 unspecified atom stereocenters. The number of fused-ring (bicyclic) bond motifs is 7. The fourth-order valence-corrected chi connectivity index (χ4v) is 6.59. The number of para-hydroxylation sites is 1. The van der Waals surface area contributed by atoms with E-state index in [9.17, 15) is 0 Å². The van der Waals surface area contributed by atoms with Crippen LogP contribution < -0.4 is 0 Å². The number of pyridine rings is 4. The summed E-state index contributed by atoms with van der Waals surface area (Å²) < 4.78 is 0. The Morgan fingerprint density at radius 3 is 1.72 bits per heavy atom. The first kappa shape index (κ1) is 26.2. The first-order chi connectivity index (χ1) is 22.8. The van der Waals surface area contributed by atoms with Crippen molar-refractivity contribution < 1.29 is 0 Å². The Kier molecular flexibility index (Phi) is 6.10. The van der Waals surface area contributed by atoms with Gasteiger partial charge in [0.15, 0.2) is 0 Å². The Morgan fingerprint density at radius 1 is 0.370 bits per heavy atom. The van der Waals surface area contributed by atoms with Crippen LogP contribution in [-0.4, -0.2) is 19.9 Å². The lowest BCUT2D eigenvalue weighted by Gasteiger charge is -2.14. The van der Waals surface area contributed by atoms with E-state index in [0.717, 1.165) is 72.1 Å². The van der Waals surface area contributed by atoms with E-state index >= 15 is 0 Å². The van der Waals surface area contributed by atoms with Crippen molar-refractivity contribution in [2.75, 3.05) is 0 Å². The van der Waals surface area contributed by atoms with E-state index < -0.39 is 0 Å². The molecule has 46 heavy (non-hydrogen) atoms. The van der Waals surface area contributed by atoms with Gasteiger partial charge < -0.3 is 0 Å². The summed E-state index contributed by atoms with van der Waals surface area (Å²) in [6.45, 7) is 0. The van der Waals surface area contributed by atoms with E-state index in [1.165, 1.54) is 16.2 Å². The zero-order valence-electron chi connectivity index (χ0n) is 24.8.